The predicted octanol–water partition coefficient (Wildman–Crippen LogP) is 6.77. The minimum atomic E-state index is -1.59. The number of rotatable bonds is 5. The Morgan fingerprint density at radius 2 is 1.82 bits per heavy atom. The number of ether oxygens (including phenoxy) is 4. The quantitative estimate of drug-likeness (QED) is 0.415. The number of fused-ring (bicyclic) bond motifs is 5. The summed E-state index contributed by atoms with van der Waals surface area (Å²) in [7, 11) is 3.25. The fraction of sp³-hybridized carbons (Fsp3) is 0.440. The monoisotopic (exact) mass is 509 g/mol. The molecule has 8 heteroatoms. The fourth-order valence-corrected chi connectivity index (χ4v) is 5.91. The molecular weight excluding hydrogens is 485 g/mol. The molecule has 1 atom stereocenters. The third kappa shape index (κ3) is 3.69. The van der Waals surface area contributed by atoms with Crippen LogP contribution in [0.15, 0.2) is 24.3 Å². The van der Waals surface area contributed by atoms with Gasteiger partial charge in [-0.25, -0.2) is 0 Å². The largest absolute Gasteiger partial charge is 0.493 e. The molecule has 5 rings (SSSR count). The van der Waals surface area contributed by atoms with E-state index in [1.165, 1.54) is 11.1 Å². The number of methoxy groups -OCH3 is 2. The number of halogens is 3. The van der Waals surface area contributed by atoms with Crippen LogP contribution in [-0.2, 0) is 6.42 Å². The molecule has 2 aromatic rings. The summed E-state index contributed by atoms with van der Waals surface area (Å²) in [5, 5.41) is 0. The van der Waals surface area contributed by atoms with Gasteiger partial charge in [-0.05, 0) is 54.2 Å². The maximum atomic E-state index is 6.68. The van der Waals surface area contributed by atoms with Crippen molar-refractivity contribution in [1.82, 2.24) is 4.90 Å². The first-order valence-electron chi connectivity index (χ1n) is 11.1. The highest BCUT2D eigenvalue weighted by Gasteiger charge is 2.48. The molecule has 176 valence electrons. The molecule has 0 fully saturated rings. The molecule has 0 radical (unpaired) electrons. The number of benzene rings is 2. The van der Waals surface area contributed by atoms with Gasteiger partial charge in [0.15, 0.2) is 23.0 Å². The number of unbranched alkanes of at least 4 members (excludes halogenated alkanes) is 1. The van der Waals surface area contributed by atoms with Crippen molar-refractivity contribution >= 4 is 46.1 Å². The molecule has 0 bridgehead atoms. The van der Waals surface area contributed by atoms with E-state index in [2.05, 4.69) is 30.0 Å². The molecule has 0 saturated carbocycles. The third-order valence-electron chi connectivity index (χ3n) is 6.63. The van der Waals surface area contributed by atoms with Crippen LogP contribution in [0.2, 0.25) is 0 Å². The Balaban J connectivity index is 1.83. The average Bonchev–Trinajstić information content (AvgIpc) is 3.25. The summed E-state index contributed by atoms with van der Waals surface area (Å²) < 4.78 is 21.2. The Labute approximate surface area is 209 Å². The first-order chi connectivity index (χ1) is 15.9. The molecule has 5 nitrogen and oxygen atoms in total. The summed E-state index contributed by atoms with van der Waals surface area (Å²) in [6.07, 6.45) is 3.81. The van der Waals surface area contributed by atoms with Crippen molar-refractivity contribution in [3.63, 3.8) is 0 Å². The van der Waals surface area contributed by atoms with Crippen LogP contribution in [0.25, 0.3) is 11.3 Å². The zero-order valence-corrected chi connectivity index (χ0v) is 21.1. The zero-order valence-electron chi connectivity index (χ0n) is 18.8. The molecule has 33 heavy (non-hydrogen) atoms. The van der Waals surface area contributed by atoms with Gasteiger partial charge in [-0.3, -0.25) is 0 Å². The van der Waals surface area contributed by atoms with E-state index in [1.807, 2.05) is 6.07 Å². The lowest BCUT2D eigenvalue weighted by Crippen LogP contribution is -2.42. The van der Waals surface area contributed by atoms with E-state index in [1.54, 1.807) is 14.2 Å². The molecule has 0 N–H and O–H groups in total. The molecule has 0 aromatic heterocycles. The van der Waals surface area contributed by atoms with Gasteiger partial charge in [-0.1, -0.05) is 54.2 Å². The molecule has 3 aliphatic rings. The van der Waals surface area contributed by atoms with E-state index in [9.17, 15) is 0 Å². The molecule has 2 aromatic carbocycles. The highest BCUT2D eigenvalue weighted by Crippen LogP contribution is 2.58. The summed E-state index contributed by atoms with van der Waals surface area (Å²) in [6.45, 7) is 3.13. The van der Waals surface area contributed by atoms with Crippen molar-refractivity contribution < 1.29 is 18.9 Å². The van der Waals surface area contributed by atoms with Gasteiger partial charge in [0.25, 0.3) is 0 Å². The smallest absolute Gasteiger partial charge is 0.231 e. The van der Waals surface area contributed by atoms with Crippen LogP contribution < -0.4 is 18.9 Å². The van der Waals surface area contributed by atoms with Crippen LogP contribution in [0.4, 0.5) is 0 Å². The number of allylic oxidation sites excluding steroid dienone is 1. The number of hydrogen-bond donors (Lipinski definition) is 0. The van der Waals surface area contributed by atoms with Crippen LogP contribution in [0.5, 0.6) is 23.0 Å². The normalized spacial score (nSPS) is 18.6. The fourth-order valence-electron chi connectivity index (χ4n) is 5.23. The average molecular weight is 511 g/mol. The predicted molar refractivity (Wildman–Crippen MR) is 132 cm³/mol. The zero-order chi connectivity index (χ0) is 23.3. The van der Waals surface area contributed by atoms with Gasteiger partial charge in [0.2, 0.25) is 10.6 Å². The van der Waals surface area contributed by atoms with Gasteiger partial charge in [-0.15, -0.1) is 0 Å². The lowest BCUT2D eigenvalue weighted by Gasteiger charge is -2.47. The van der Waals surface area contributed by atoms with Gasteiger partial charge in [0.1, 0.15) is 6.04 Å². The van der Waals surface area contributed by atoms with Crippen LogP contribution in [-0.4, -0.2) is 36.2 Å². The van der Waals surface area contributed by atoms with Crippen molar-refractivity contribution in [2.24, 2.45) is 0 Å². The number of hydrogen-bond acceptors (Lipinski definition) is 5. The van der Waals surface area contributed by atoms with Gasteiger partial charge < -0.3 is 23.8 Å². The van der Waals surface area contributed by atoms with E-state index in [0.29, 0.717) is 18.0 Å². The summed E-state index contributed by atoms with van der Waals surface area (Å²) >= 11 is 20.0. The lowest BCUT2D eigenvalue weighted by molar-refractivity contribution is 0.174. The first kappa shape index (κ1) is 22.8. The Morgan fingerprint density at radius 1 is 1.06 bits per heavy atom. The SMILES string of the molecule is CCCCC1=C2c3cc4c(cc3CCN2[C@H](C(Cl)(Cl)Cl)c2c1ccc(OC)c2OC)OCO4. The number of nitrogens with zero attached hydrogens (tertiary/aromatic N) is 1. The van der Waals surface area contributed by atoms with Gasteiger partial charge in [0.05, 0.1) is 14.2 Å². The molecular formula is C25H26Cl3NO4. The second-order valence-corrected chi connectivity index (χ2v) is 10.8. The Bertz CT molecular complexity index is 1130. The van der Waals surface area contributed by atoms with E-state index in [4.69, 9.17) is 53.8 Å². The molecule has 0 saturated heterocycles. The summed E-state index contributed by atoms with van der Waals surface area (Å²) in [6, 6.07) is 7.62. The molecule has 0 spiro atoms. The standard InChI is InChI=1S/C25H26Cl3NO4/c1-4-5-6-16-15-7-8-18(30-2)23(31-3)21(15)24(25(26,27)28)29-10-9-14-11-19-20(33-13-32-19)12-17(14)22(16)29/h7-8,11-12,24H,4-6,9-10,13H2,1-3H3/t24-/m0/s1. The van der Waals surface area contributed by atoms with Gasteiger partial charge in [0, 0.05) is 23.4 Å². The van der Waals surface area contributed by atoms with Crippen molar-refractivity contribution in [1.29, 1.82) is 0 Å². The number of alkyl halides is 3. The maximum absolute atomic E-state index is 6.68. The van der Waals surface area contributed by atoms with Crippen molar-refractivity contribution in [2.75, 3.05) is 27.6 Å². The van der Waals surface area contributed by atoms with Crippen LogP contribution in [0.3, 0.4) is 0 Å². The highest BCUT2D eigenvalue weighted by molar-refractivity contribution is 6.68. The van der Waals surface area contributed by atoms with E-state index < -0.39 is 9.83 Å². The molecule has 3 aliphatic heterocycles. The Hall–Kier alpha value is -1.95. The van der Waals surface area contributed by atoms with Gasteiger partial charge in [-0.2, -0.15) is 0 Å². The lowest BCUT2D eigenvalue weighted by atomic mass is 9.80. The minimum absolute atomic E-state index is 0.236. The van der Waals surface area contributed by atoms with E-state index in [0.717, 1.165) is 59.6 Å². The topological polar surface area (TPSA) is 40.2 Å². The second kappa shape index (κ2) is 8.68. The molecule has 0 aliphatic carbocycles. The Morgan fingerprint density at radius 3 is 2.48 bits per heavy atom. The first-order valence-corrected chi connectivity index (χ1v) is 12.3. The summed E-state index contributed by atoms with van der Waals surface area (Å²) in [5.74, 6) is 2.77. The van der Waals surface area contributed by atoms with E-state index >= 15 is 0 Å². The minimum Gasteiger partial charge on any atom is -0.493 e. The van der Waals surface area contributed by atoms with Crippen molar-refractivity contribution in [3.8, 4) is 23.0 Å². The summed E-state index contributed by atoms with van der Waals surface area (Å²) in [5.41, 5.74) is 6.53. The van der Waals surface area contributed by atoms with Crippen LogP contribution in [0.1, 0.15) is 54.5 Å². The van der Waals surface area contributed by atoms with Crippen molar-refractivity contribution in [2.45, 2.75) is 42.4 Å². The molecule has 0 unspecified atom stereocenters. The second-order valence-electron chi connectivity index (χ2n) is 8.44. The van der Waals surface area contributed by atoms with Gasteiger partial charge >= 0.3 is 0 Å². The third-order valence-corrected chi connectivity index (χ3v) is 7.25. The molecule has 3 heterocycles. The van der Waals surface area contributed by atoms with Crippen molar-refractivity contribution in [3.05, 3.63) is 46.5 Å². The van der Waals surface area contributed by atoms with Crippen LogP contribution >= 0.6 is 34.8 Å². The van der Waals surface area contributed by atoms with Crippen LogP contribution in [0, 0.1) is 0 Å². The Kier molecular flexibility index (Phi) is 6.00. The molecule has 0 amide bonds. The highest BCUT2D eigenvalue weighted by atomic mass is 35.6. The maximum Gasteiger partial charge on any atom is 0.231 e. The summed E-state index contributed by atoms with van der Waals surface area (Å²) in [4.78, 5) is 2.23. The van der Waals surface area contributed by atoms with E-state index in [-0.39, 0.29) is 6.79 Å².